The van der Waals surface area contributed by atoms with E-state index in [4.69, 9.17) is 5.11 Å². The summed E-state index contributed by atoms with van der Waals surface area (Å²) in [6.45, 7) is 5.70. The van der Waals surface area contributed by atoms with Gasteiger partial charge in [-0.3, -0.25) is 9.48 Å². The van der Waals surface area contributed by atoms with Gasteiger partial charge in [0.25, 0.3) is 5.91 Å². The molecule has 1 saturated carbocycles. The molecule has 0 bridgehead atoms. The number of hydrogen-bond acceptors (Lipinski definition) is 3. The fourth-order valence-electron chi connectivity index (χ4n) is 2.38. The van der Waals surface area contributed by atoms with Gasteiger partial charge in [0.2, 0.25) is 0 Å². The molecule has 1 amide bonds. The minimum Gasteiger partial charge on any atom is -0.480 e. The predicted octanol–water partition coefficient (Wildman–Crippen LogP) is 2.65. The van der Waals surface area contributed by atoms with Crippen LogP contribution in [0.25, 0.3) is 0 Å². The molecule has 0 saturated heterocycles. The topological polar surface area (TPSA) is 84.2 Å². The Bertz CT molecular complexity index is 643. The molecule has 1 heterocycles. The summed E-state index contributed by atoms with van der Waals surface area (Å²) in [4.78, 5) is 23.1. The number of carbonyl (C=O) groups is 2. The first-order valence-corrected chi connectivity index (χ1v) is 7.59. The second-order valence-corrected chi connectivity index (χ2v) is 6.99. The Morgan fingerprint density at radius 3 is 2.38 bits per heavy atom. The van der Waals surface area contributed by atoms with Crippen molar-refractivity contribution in [3.63, 3.8) is 0 Å². The second-order valence-electron chi connectivity index (χ2n) is 6.99. The second kappa shape index (κ2) is 6.10. The molecule has 1 aromatic rings. The van der Waals surface area contributed by atoms with Gasteiger partial charge in [0.15, 0.2) is 0 Å². The molecular weight excluding hydrogens is 327 g/mol. The number of aromatic nitrogens is 2. The molecule has 1 aliphatic carbocycles. The molecule has 1 atom stereocenters. The van der Waals surface area contributed by atoms with Crippen LogP contribution in [0.5, 0.6) is 0 Å². The highest BCUT2D eigenvalue weighted by Crippen LogP contribution is 2.41. The molecular formula is C15H20F3N3O3. The van der Waals surface area contributed by atoms with Crippen LogP contribution in [0.15, 0.2) is 6.07 Å². The Kier molecular flexibility index (Phi) is 4.65. The molecule has 6 nitrogen and oxygen atoms in total. The van der Waals surface area contributed by atoms with E-state index in [1.54, 1.807) is 4.68 Å². The summed E-state index contributed by atoms with van der Waals surface area (Å²) >= 11 is 0. The Morgan fingerprint density at radius 2 is 1.96 bits per heavy atom. The Morgan fingerprint density at radius 1 is 1.38 bits per heavy atom. The van der Waals surface area contributed by atoms with Crippen LogP contribution < -0.4 is 5.32 Å². The molecule has 1 aliphatic rings. The van der Waals surface area contributed by atoms with E-state index in [1.807, 2.05) is 26.1 Å². The molecule has 0 radical (unpaired) electrons. The third-order valence-corrected chi connectivity index (χ3v) is 3.64. The number of carboxylic acids is 1. The average molecular weight is 347 g/mol. The Labute approximate surface area is 137 Å². The van der Waals surface area contributed by atoms with E-state index in [-0.39, 0.29) is 11.6 Å². The number of halogens is 3. The highest BCUT2D eigenvalue weighted by molar-refractivity contribution is 5.95. The molecule has 1 fully saturated rings. The maximum absolute atomic E-state index is 12.4. The maximum Gasteiger partial charge on any atom is 0.391 e. The molecule has 0 aliphatic heterocycles. The van der Waals surface area contributed by atoms with Gasteiger partial charge in [-0.25, -0.2) is 4.79 Å². The normalized spacial score (nSPS) is 16.8. The number of carboxylic acid groups (broad SMARTS) is 1. The minimum absolute atomic E-state index is 0.0692. The van der Waals surface area contributed by atoms with Crippen LogP contribution in [-0.4, -0.2) is 39.0 Å². The van der Waals surface area contributed by atoms with Crippen molar-refractivity contribution in [2.24, 2.45) is 0 Å². The van der Waals surface area contributed by atoms with E-state index in [2.05, 4.69) is 5.10 Å². The van der Waals surface area contributed by atoms with E-state index in [9.17, 15) is 22.8 Å². The molecule has 2 N–H and O–H groups in total. The smallest absolute Gasteiger partial charge is 0.391 e. The molecule has 24 heavy (non-hydrogen) atoms. The van der Waals surface area contributed by atoms with Gasteiger partial charge in [-0.15, -0.1) is 0 Å². The van der Waals surface area contributed by atoms with Crippen molar-refractivity contribution >= 4 is 11.9 Å². The van der Waals surface area contributed by atoms with Crippen molar-refractivity contribution in [1.29, 1.82) is 0 Å². The molecule has 2 rings (SSSR count). The van der Waals surface area contributed by atoms with E-state index in [1.165, 1.54) is 6.07 Å². The van der Waals surface area contributed by atoms with Crippen molar-refractivity contribution in [2.75, 3.05) is 0 Å². The lowest BCUT2D eigenvalue weighted by Crippen LogP contribution is -2.43. The summed E-state index contributed by atoms with van der Waals surface area (Å²) < 4.78 is 38.9. The third kappa shape index (κ3) is 4.48. The lowest BCUT2D eigenvalue weighted by atomic mass is 10.1. The molecule has 0 spiro atoms. The van der Waals surface area contributed by atoms with E-state index in [0.717, 1.165) is 18.5 Å². The van der Waals surface area contributed by atoms with Gasteiger partial charge in [0.05, 0.1) is 12.0 Å². The van der Waals surface area contributed by atoms with Crippen LogP contribution in [0, 0.1) is 0 Å². The number of alkyl halides is 3. The molecule has 9 heteroatoms. The van der Waals surface area contributed by atoms with Crippen LogP contribution in [0.3, 0.4) is 0 Å². The van der Waals surface area contributed by atoms with Gasteiger partial charge in [-0.1, -0.05) is 0 Å². The Hall–Kier alpha value is -2.06. The summed E-state index contributed by atoms with van der Waals surface area (Å²) in [5.41, 5.74) is 0.379. The van der Waals surface area contributed by atoms with Crippen LogP contribution in [-0.2, 0) is 10.3 Å². The zero-order valence-electron chi connectivity index (χ0n) is 13.6. The van der Waals surface area contributed by atoms with Gasteiger partial charge in [0, 0.05) is 11.6 Å². The summed E-state index contributed by atoms with van der Waals surface area (Å²) in [6.07, 6.45) is -4.40. The first-order valence-electron chi connectivity index (χ1n) is 7.59. The number of nitrogens with one attached hydrogen (secondary N) is 1. The first-order chi connectivity index (χ1) is 10.9. The monoisotopic (exact) mass is 347 g/mol. The summed E-state index contributed by atoms with van der Waals surface area (Å²) in [7, 11) is 0. The van der Waals surface area contributed by atoms with Crippen LogP contribution >= 0.6 is 0 Å². The van der Waals surface area contributed by atoms with Gasteiger partial charge in [0.1, 0.15) is 11.7 Å². The number of rotatable bonds is 5. The van der Waals surface area contributed by atoms with Crippen molar-refractivity contribution in [1.82, 2.24) is 15.1 Å². The molecule has 134 valence electrons. The minimum atomic E-state index is -4.69. The van der Waals surface area contributed by atoms with Gasteiger partial charge in [-0.05, 0) is 39.7 Å². The quantitative estimate of drug-likeness (QED) is 0.858. The van der Waals surface area contributed by atoms with Gasteiger partial charge >= 0.3 is 12.1 Å². The van der Waals surface area contributed by atoms with Crippen LogP contribution in [0.4, 0.5) is 13.2 Å². The number of aliphatic carboxylic acids is 1. The van der Waals surface area contributed by atoms with E-state index in [0.29, 0.717) is 0 Å². The molecule has 0 aromatic carbocycles. The molecule has 1 aromatic heterocycles. The Balaban J connectivity index is 2.21. The van der Waals surface area contributed by atoms with E-state index < -0.39 is 36.1 Å². The number of nitrogens with zero attached hydrogens (tertiary/aromatic N) is 2. The maximum atomic E-state index is 12.4. The van der Waals surface area contributed by atoms with Crippen molar-refractivity contribution in [3.8, 4) is 0 Å². The largest absolute Gasteiger partial charge is 0.480 e. The number of amides is 1. The third-order valence-electron chi connectivity index (χ3n) is 3.64. The predicted molar refractivity (Wildman–Crippen MR) is 78.8 cm³/mol. The highest BCUT2D eigenvalue weighted by atomic mass is 19.4. The summed E-state index contributed by atoms with van der Waals surface area (Å²) in [5.74, 6) is -2.38. The number of carbonyl (C=O) groups excluding carboxylic acids is 1. The highest BCUT2D eigenvalue weighted by Gasteiger charge is 2.37. The average Bonchev–Trinajstić information content (AvgIpc) is 3.13. The number of hydrogen-bond donors (Lipinski definition) is 2. The first kappa shape index (κ1) is 18.3. The van der Waals surface area contributed by atoms with Gasteiger partial charge < -0.3 is 10.4 Å². The lowest BCUT2D eigenvalue weighted by Gasteiger charge is -2.22. The molecule has 1 unspecified atom stereocenters. The summed E-state index contributed by atoms with van der Waals surface area (Å²) in [5, 5.41) is 15.0. The fourth-order valence-corrected chi connectivity index (χ4v) is 2.38. The van der Waals surface area contributed by atoms with Gasteiger partial charge in [-0.2, -0.15) is 18.3 Å². The van der Waals surface area contributed by atoms with Crippen molar-refractivity contribution in [3.05, 3.63) is 17.5 Å². The van der Waals surface area contributed by atoms with Crippen LogP contribution in [0.2, 0.25) is 0 Å². The standard InChI is InChI=1S/C15H20F3N3O3/c1-14(2,3)21-11(8-4-5-8)6-9(20-21)12(22)19-10(13(23)24)7-15(16,17)18/h6,8,10H,4-5,7H2,1-3H3,(H,19,22)(H,23,24). The zero-order valence-corrected chi connectivity index (χ0v) is 13.6. The van der Waals surface area contributed by atoms with E-state index >= 15 is 0 Å². The SMILES string of the molecule is CC(C)(C)n1nc(C(=O)NC(CC(F)(F)F)C(=O)O)cc1C1CC1. The lowest BCUT2D eigenvalue weighted by molar-refractivity contribution is -0.157. The van der Waals surface area contributed by atoms with Crippen LogP contribution in [0.1, 0.15) is 62.1 Å². The fraction of sp³-hybridized carbons (Fsp3) is 0.667. The van der Waals surface area contributed by atoms with Crippen molar-refractivity contribution < 1.29 is 27.9 Å². The van der Waals surface area contributed by atoms with Crippen molar-refractivity contribution in [2.45, 2.75) is 63.7 Å². The summed E-state index contributed by atoms with van der Waals surface area (Å²) in [6, 6.07) is -0.508. The zero-order chi connectivity index (χ0) is 18.3.